The standard InChI is InChI=1S/C24H26N4O2/c1-19-9-10-20(17-22(19)27-11-5-6-12-27)24(30)28-15-13-26(14-16-28)18-23(29)25-21-7-3-2-4-8-21/h2-12,17H,13-16,18H2,1H3,(H,25,29). The van der Waals surface area contributed by atoms with E-state index < -0.39 is 0 Å². The molecule has 6 nitrogen and oxygen atoms in total. The number of hydrogen-bond donors (Lipinski definition) is 1. The summed E-state index contributed by atoms with van der Waals surface area (Å²) < 4.78 is 2.02. The Hall–Kier alpha value is -3.38. The average Bonchev–Trinajstić information content (AvgIpc) is 3.29. The van der Waals surface area contributed by atoms with Crippen LogP contribution in [0.2, 0.25) is 0 Å². The summed E-state index contributed by atoms with van der Waals surface area (Å²) in [5.74, 6) is 0.00710. The first-order valence-electron chi connectivity index (χ1n) is 10.2. The van der Waals surface area contributed by atoms with E-state index in [0.717, 1.165) is 16.9 Å². The molecule has 0 unspecified atom stereocenters. The number of aromatic nitrogens is 1. The van der Waals surface area contributed by atoms with Crippen LogP contribution >= 0.6 is 0 Å². The topological polar surface area (TPSA) is 57.6 Å². The van der Waals surface area contributed by atoms with Crippen LogP contribution in [0.1, 0.15) is 15.9 Å². The van der Waals surface area contributed by atoms with Crippen LogP contribution < -0.4 is 5.32 Å². The molecular weight excluding hydrogens is 376 g/mol. The molecule has 3 aromatic rings. The zero-order valence-electron chi connectivity index (χ0n) is 17.1. The number of carbonyl (C=O) groups is 2. The second-order valence-electron chi connectivity index (χ2n) is 7.57. The predicted octanol–water partition coefficient (Wildman–Crippen LogP) is 3.18. The third-order valence-electron chi connectivity index (χ3n) is 5.42. The first-order chi connectivity index (χ1) is 14.6. The molecule has 1 saturated heterocycles. The molecule has 0 radical (unpaired) electrons. The Bertz CT molecular complexity index is 1010. The normalized spacial score (nSPS) is 14.5. The highest BCUT2D eigenvalue weighted by Crippen LogP contribution is 2.18. The summed E-state index contributed by atoms with van der Waals surface area (Å²) in [5.41, 5.74) is 3.63. The molecule has 1 aliphatic rings. The van der Waals surface area contributed by atoms with Gasteiger partial charge in [-0.25, -0.2) is 0 Å². The third kappa shape index (κ3) is 4.60. The monoisotopic (exact) mass is 402 g/mol. The maximum Gasteiger partial charge on any atom is 0.254 e. The fourth-order valence-corrected chi connectivity index (χ4v) is 3.73. The first kappa shape index (κ1) is 19.9. The molecular formula is C24H26N4O2. The Kier molecular flexibility index (Phi) is 5.95. The second-order valence-corrected chi connectivity index (χ2v) is 7.57. The summed E-state index contributed by atoms with van der Waals surface area (Å²) in [6, 6.07) is 19.2. The molecule has 0 spiro atoms. The number of piperazine rings is 1. The van der Waals surface area contributed by atoms with E-state index in [0.29, 0.717) is 38.3 Å². The Morgan fingerprint density at radius 3 is 2.30 bits per heavy atom. The molecule has 0 aliphatic carbocycles. The smallest absolute Gasteiger partial charge is 0.254 e. The minimum Gasteiger partial charge on any atom is -0.336 e. The predicted molar refractivity (Wildman–Crippen MR) is 118 cm³/mol. The minimum absolute atomic E-state index is 0.0316. The van der Waals surface area contributed by atoms with Crippen molar-refractivity contribution in [3.8, 4) is 5.69 Å². The molecule has 1 aliphatic heterocycles. The molecule has 2 aromatic carbocycles. The SMILES string of the molecule is Cc1ccc(C(=O)N2CCN(CC(=O)Nc3ccccc3)CC2)cc1-n1cccc1. The van der Waals surface area contributed by atoms with Gasteiger partial charge in [0.1, 0.15) is 0 Å². The zero-order chi connectivity index (χ0) is 20.9. The van der Waals surface area contributed by atoms with Crippen LogP contribution in [0.25, 0.3) is 5.69 Å². The van der Waals surface area contributed by atoms with Gasteiger partial charge in [0.15, 0.2) is 0 Å². The van der Waals surface area contributed by atoms with E-state index in [9.17, 15) is 9.59 Å². The maximum absolute atomic E-state index is 13.0. The summed E-state index contributed by atoms with van der Waals surface area (Å²) in [6.45, 7) is 4.98. The first-order valence-corrected chi connectivity index (χ1v) is 10.2. The molecule has 2 heterocycles. The molecule has 1 aromatic heterocycles. The molecule has 0 atom stereocenters. The van der Waals surface area contributed by atoms with E-state index in [1.807, 2.05) is 89.4 Å². The van der Waals surface area contributed by atoms with Crippen LogP contribution in [0.4, 0.5) is 5.69 Å². The lowest BCUT2D eigenvalue weighted by Gasteiger charge is -2.34. The number of nitrogens with zero attached hydrogens (tertiary/aromatic N) is 3. The highest BCUT2D eigenvalue weighted by molar-refractivity contribution is 5.95. The molecule has 2 amide bonds. The molecule has 6 heteroatoms. The van der Waals surface area contributed by atoms with Gasteiger partial charge in [0, 0.05) is 55.5 Å². The van der Waals surface area contributed by atoms with Gasteiger partial charge < -0.3 is 14.8 Å². The van der Waals surface area contributed by atoms with Crippen molar-refractivity contribution in [3.05, 3.63) is 84.2 Å². The molecule has 0 bridgehead atoms. The van der Waals surface area contributed by atoms with E-state index in [-0.39, 0.29) is 11.8 Å². The van der Waals surface area contributed by atoms with Crippen LogP contribution in [0, 0.1) is 6.92 Å². The van der Waals surface area contributed by atoms with E-state index in [4.69, 9.17) is 0 Å². The van der Waals surface area contributed by atoms with E-state index in [1.165, 1.54) is 0 Å². The fraction of sp³-hybridized carbons (Fsp3) is 0.250. The van der Waals surface area contributed by atoms with Crippen molar-refractivity contribution in [2.45, 2.75) is 6.92 Å². The van der Waals surface area contributed by atoms with Crippen molar-refractivity contribution in [1.29, 1.82) is 0 Å². The van der Waals surface area contributed by atoms with Crippen molar-refractivity contribution in [2.75, 3.05) is 38.0 Å². The Balaban J connectivity index is 1.33. The average molecular weight is 402 g/mol. The molecule has 154 valence electrons. The largest absolute Gasteiger partial charge is 0.336 e. The van der Waals surface area contributed by atoms with Gasteiger partial charge in [0.05, 0.1) is 6.54 Å². The number of benzene rings is 2. The van der Waals surface area contributed by atoms with Gasteiger partial charge in [-0.1, -0.05) is 24.3 Å². The van der Waals surface area contributed by atoms with Crippen molar-refractivity contribution in [3.63, 3.8) is 0 Å². The van der Waals surface area contributed by atoms with Crippen LogP contribution in [-0.2, 0) is 4.79 Å². The van der Waals surface area contributed by atoms with E-state index in [1.54, 1.807) is 0 Å². The lowest BCUT2D eigenvalue weighted by molar-refractivity contribution is -0.117. The Morgan fingerprint density at radius 1 is 0.900 bits per heavy atom. The molecule has 1 N–H and O–H groups in total. The number of aryl methyl sites for hydroxylation is 1. The van der Waals surface area contributed by atoms with Gasteiger partial charge in [-0.3, -0.25) is 14.5 Å². The minimum atomic E-state index is -0.0316. The Labute approximate surface area is 176 Å². The number of rotatable bonds is 5. The van der Waals surface area contributed by atoms with E-state index in [2.05, 4.69) is 10.2 Å². The summed E-state index contributed by atoms with van der Waals surface area (Å²) >= 11 is 0. The van der Waals surface area contributed by atoms with E-state index >= 15 is 0 Å². The molecule has 1 fully saturated rings. The summed E-state index contributed by atoms with van der Waals surface area (Å²) in [7, 11) is 0. The van der Waals surface area contributed by atoms with Gasteiger partial charge in [-0.15, -0.1) is 0 Å². The van der Waals surface area contributed by atoms with Crippen LogP contribution in [0.5, 0.6) is 0 Å². The zero-order valence-corrected chi connectivity index (χ0v) is 17.1. The van der Waals surface area contributed by atoms with Crippen molar-refractivity contribution in [2.24, 2.45) is 0 Å². The number of amides is 2. The quantitative estimate of drug-likeness (QED) is 0.713. The van der Waals surface area contributed by atoms with Gasteiger partial charge in [0.2, 0.25) is 5.91 Å². The number of para-hydroxylation sites is 1. The van der Waals surface area contributed by atoms with Crippen LogP contribution in [-0.4, -0.2) is 58.9 Å². The fourth-order valence-electron chi connectivity index (χ4n) is 3.73. The molecule has 0 saturated carbocycles. The third-order valence-corrected chi connectivity index (χ3v) is 5.42. The van der Waals surface area contributed by atoms with Crippen LogP contribution in [0.3, 0.4) is 0 Å². The number of hydrogen-bond acceptors (Lipinski definition) is 3. The lowest BCUT2D eigenvalue weighted by atomic mass is 10.1. The van der Waals surface area contributed by atoms with Gasteiger partial charge in [0.25, 0.3) is 5.91 Å². The molecule has 30 heavy (non-hydrogen) atoms. The second kappa shape index (κ2) is 8.97. The number of carbonyl (C=O) groups excluding carboxylic acids is 2. The van der Waals surface area contributed by atoms with Gasteiger partial charge in [-0.05, 0) is 48.9 Å². The van der Waals surface area contributed by atoms with Crippen molar-refractivity contribution < 1.29 is 9.59 Å². The number of nitrogens with one attached hydrogen (secondary N) is 1. The van der Waals surface area contributed by atoms with Crippen LogP contribution in [0.15, 0.2) is 73.1 Å². The maximum atomic E-state index is 13.0. The van der Waals surface area contributed by atoms with Gasteiger partial charge in [-0.2, -0.15) is 0 Å². The van der Waals surface area contributed by atoms with Crippen molar-refractivity contribution in [1.82, 2.24) is 14.4 Å². The highest BCUT2D eigenvalue weighted by atomic mass is 16.2. The summed E-state index contributed by atoms with van der Waals surface area (Å²) in [5, 5.41) is 2.91. The van der Waals surface area contributed by atoms with Gasteiger partial charge >= 0.3 is 0 Å². The Morgan fingerprint density at radius 2 is 1.60 bits per heavy atom. The lowest BCUT2D eigenvalue weighted by Crippen LogP contribution is -2.50. The summed E-state index contributed by atoms with van der Waals surface area (Å²) in [4.78, 5) is 29.2. The summed E-state index contributed by atoms with van der Waals surface area (Å²) in [6.07, 6.45) is 3.96. The van der Waals surface area contributed by atoms with Crippen molar-refractivity contribution >= 4 is 17.5 Å². The molecule has 4 rings (SSSR count). The highest BCUT2D eigenvalue weighted by Gasteiger charge is 2.23. The number of anilines is 1.